The van der Waals surface area contributed by atoms with Crippen molar-refractivity contribution in [1.29, 1.82) is 0 Å². The van der Waals surface area contributed by atoms with Gasteiger partial charge < -0.3 is 14.5 Å². The Balaban J connectivity index is 2.32. The van der Waals surface area contributed by atoms with Crippen molar-refractivity contribution in [2.45, 2.75) is 20.8 Å². The number of pyridine rings is 1. The summed E-state index contributed by atoms with van der Waals surface area (Å²) in [7, 11) is 0. The Morgan fingerprint density at radius 1 is 1.43 bits per heavy atom. The Hall–Kier alpha value is -2.44. The fraction of sp³-hybridized carbons (Fsp3) is 0.429. The first-order valence-corrected chi connectivity index (χ1v) is 6.61. The molecule has 21 heavy (non-hydrogen) atoms. The number of hydrogen-bond acceptors (Lipinski definition) is 5. The van der Waals surface area contributed by atoms with Gasteiger partial charge in [0.25, 0.3) is 11.6 Å². The van der Waals surface area contributed by atoms with Gasteiger partial charge in [-0.25, -0.2) is 4.98 Å². The molecule has 2 aromatic heterocycles. The molecule has 0 aliphatic carbocycles. The van der Waals surface area contributed by atoms with Crippen LogP contribution in [0.2, 0.25) is 0 Å². The minimum Gasteiger partial charge on any atom is -0.480 e. The predicted octanol–water partition coefficient (Wildman–Crippen LogP) is 1.71. The van der Waals surface area contributed by atoms with Gasteiger partial charge in [0, 0.05) is 12.7 Å². The fourth-order valence-corrected chi connectivity index (χ4v) is 2.07. The molecule has 112 valence electrons. The largest absolute Gasteiger partial charge is 0.480 e. The second-order valence-electron chi connectivity index (χ2n) is 5.32. The van der Waals surface area contributed by atoms with Crippen molar-refractivity contribution in [3.8, 4) is 0 Å². The zero-order valence-corrected chi connectivity index (χ0v) is 12.2. The molecule has 0 atom stereocenters. The summed E-state index contributed by atoms with van der Waals surface area (Å²) < 4.78 is 4.99. The van der Waals surface area contributed by atoms with E-state index in [1.54, 1.807) is 13.0 Å². The highest BCUT2D eigenvalue weighted by molar-refractivity contribution is 5.98. The first-order chi connectivity index (χ1) is 9.88. The van der Waals surface area contributed by atoms with Crippen molar-refractivity contribution < 1.29 is 19.2 Å². The van der Waals surface area contributed by atoms with E-state index in [1.165, 1.54) is 11.1 Å². The van der Waals surface area contributed by atoms with E-state index in [0.29, 0.717) is 28.9 Å². The number of hydrogen-bond donors (Lipinski definition) is 1. The van der Waals surface area contributed by atoms with Gasteiger partial charge >= 0.3 is 5.97 Å². The quantitative estimate of drug-likeness (QED) is 0.900. The van der Waals surface area contributed by atoms with E-state index < -0.39 is 5.97 Å². The van der Waals surface area contributed by atoms with Gasteiger partial charge in [-0.3, -0.25) is 9.59 Å². The Kier molecular flexibility index (Phi) is 4.21. The zero-order valence-electron chi connectivity index (χ0n) is 12.2. The summed E-state index contributed by atoms with van der Waals surface area (Å²) in [5.74, 6) is -1.23. The molecule has 0 aliphatic heterocycles. The average molecular weight is 291 g/mol. The molecule has 2 heterocycles. The van der Waals surface area contributed by atoms with Crippen LogP contribution in [0.15, 0.2) is 16.8 Å². The summed E-state index contributed by atoms with van der Waals surface area (Å²) in [6, 6.07) is 1.63. The van der Waals surface area contributed by atoms with E-state index in [9.17, 15) is 9.59 Å². The maximum atomic E-state index is 12.5. The Morgan fingerprint density at radius 3 is 2.76 bits per heavy atom. The monoisotopic (exact) mass is 291 g/mol. The summed E-state index contributed by atoms with van der Waals surface area (Å²) >= 11 is 0. The minimum absolute atomic E-state index is 0.169. The van der Waals surface area contributed by atoms with Crippen LogP contribution in [-0.4, -0.2) is 45.1 Å². The number of rotatable bonds is 5. The van der Waals surface area contributed by atoms with Crippen LogP contribution in [-0.2, 0) is 4.79 Å². The molecule has 1 N–H and O–H groups in total. The van der Waals surface area contributed by atoms with Crippen LogP contribution in [0.1, 0.15) is 29.9 Å². The number of carboxylic acid groups (broad SMARTS) is 1. The lowest BCUT2D eigenvalue weighted by atomic mass is 10.1. The number of nitrogens with zero attached hydrogens (tertiary/aromatic N) is 3. The highest BCUT2D eigenvalue weighted by atomic mass is 16.5. The van der Waals surface area contributed by atoms with Gasteiger partial charge in [-0.2, -0.15) is 0 Å². The van der Waals surface area contributed by atoms with E-state index in [1.807, 2.05) is 13.8 Å². The lowest BCUT2D eigenvalue weighted by Gasteiger charge is -2.22. The molecule has 1 amide bonds. The highest BCUT2D eigenvalue weighted by Gasteiger charge is 2.21. The van der Waals surface area contributed by atoms with Gasteiger partial charge in [0.15, 0.2) is 0 Å². The molecule has 7 heteroatoms. The second-order valence-corrected chi connectivity index (χ2v) is 5.32. The Labute approximate surface area is 121 Å². The molecule has 2 rings (SSSR count). The number of aromatic nitrogens is 2. The molecule has 7 nitrogen and oxygen atoms in total. The van der Waals surface area contributed by atoms with Crippen LogP contribution in [0.5, 0.6) is 0 Å². The van der Waals surface area contributed by atoms with Crippen LogP contribution in [0.3, 0.4) is 0 Å². The average Bonchev–Trinajstić information content (AvgIpc) is 2.77. The number of carbonyl (C=O) groups excluding carboxylic acids is 1. The minimum atomic E-state index is -1.04. The van der Waals surface area contributed by atoms with Crippen molar-refractivity contribution in [2.75, 3.05) is 13.1 Å². The number of carbonyl (C=O) groups is 2. The van der Waals surface area contributed by atoms with Crippen LogP contribution >= 0.6 is 0 Å². The van der Waals surface area contributed by atoms with Gasteiger partial charge in [-0.05, 0) is 18.9 Å². The van der Waals surface area contributed by atoms with Crippen LogP contribution in [0.4, 0.5) is 0 Å². The molecule has 0 aliphatic rings. The zero-order chi connectivity index (χ0) is 15.6. The molecule has 0 radical (unpaired) electrons. The normalized spacial score (nSPS) is 11.0. The van der Waals surface area contributed by atoms with Gasteiger partial charge in [0.05, 0.1) is 16.6 Å². The lowest BCUT2D eigenvalue weighted by molar-refractivity contribution is -0.137. The van der Waals surface area contributed by atoms with Crippen molar-refractivity contribution in [2.24, 2.45) is 5.92 Å². The smallest absolute Gasteiger partial charge is 0.323 e. The van der Waals surface area contributed by atoms with Crippen molar-refractivity contribution >= 4 is 23.0 Å². The molecular weight excluding hydrogens is 274 g/mol. The number of fused-ring (bicyclic) bond motifs is 1. The highest BCUT2D eigenvalue weighted by Crippen LogP contribution is 2.18. The summed E-state index contributed by atoms with van der Waals surface area (Å²) in [6.45, 7) is 5.63. The SMILES string of the molecule is Cc1noc2ncc(C(=O)N(CC(=O)O)CC(C)C)cc12. The number of carboxylic acids is 1. The molecule has 0 unspecified atom stereocenters. The molecule has 0 fully saturated rings. The number of amides is 1. The van der Waals surface area contributed by atoms with E-state index in [4.69, 9.17) is 9.63 Å². The third-order valence-corrected chi connectivity index (χ3v) is 2.96. The first-order valence-electron chi connectivity index (χ1n) is 6.61. The summed E-state index contributed by atoms with van der Waals surface area (Å²) in [6.07, 6.45) is 1.38. The van der Waals surface area contributed by atoms with Crippen molar-refractivity contribution in [1.82, 2.24) is 15.0 Å². The fourth-order valence-electron chi connectivity index (χ4n) is 2.07. The third kappa shape index (κ3) is 3.36. The molecule has 0 spiro atoms. The van der Waals surface area contributed by atoms with E-state index in [0.717, 1.165) is 0 Å². The van der Waals surface area contributed by atoms with Crippen molar-refractivity contribution in [3.63, 3.8) is 0 Å². The number of aryl methyl sites for hydroxylation is 1. The van der Waals surface area contributed by atoms with Crippen molar-refractivity contribution in [3.05, 3.63) is 23.5 Å². The van der Waals surface area contributed by atoms with Gasteiger partial charge in [0.2, 0.25) is 0 Å². The summed E-state index contributed by atoms with van der Waals surface area (Å²) in [4.78, 5) is 28.7. The Bertz CT molecular complexity index is 678. The van der Waals surface area contributed by atoms with Gasteiger partial charge in [0.1, 0.15) is 6.54 Å². The standard InChI is InChI=1S/C14H17N3O4/c1-8(2)6-17(7-12(18)19)14(20)10-4-11-9(3)16-21-13(11)15-5-10/h4-5,8H,6-7H2,1-3H3,(H,18,19). The summed E-state index contributed by atoms with van der Waals surface area (Å²) in [5, 5.41) is 13.4. The summed E-state index contributed by atoms with van der Waals surface area (Å²) in [5.41, 5.74) is 1.33. The second kappa shape index (κ2) is 5.90. The molecule has 0 saturated heterocycles. The maximum Gasteiger partial charge on any atom is 0.323 e. The van der Waals surface area contributed by atoms with E-state index >= 15 is 0 Å². The van der Waals surface area contributed by atoms with Gasteiger partial charge in [-0.1, -0.05) is 19.0 Å². The predicted molar refractivity (Wildman–Crippen MR) is 74.9 cm³/mol. The number of aliphatic carboxylic acids is 1. The molecule has 0 aromatic carbocycles. The molecular formula is C14H17N3O4. The van der Waals surface area contributed by atoms with E-state index in [-0.39, 0.29) is 18.4 Å². The molecule has 0 saturated carbocycles. The Morgan fingerprint density at radius 2 is 2.14 bits per heavy atom. The topological polar surface area (TPSA) is 96.5 Å². The lowest BCUT2D eigenvalue weighted by Crippen LogP contribution is -2.38. The molecule has 2 aromatic rings. The van der Waals surface area contributed by atoms with Crippen LogP contribution in [0, 0.1) is 12.8 Å². The third-order valence-electron chi connectivity index (χ3n) is 2.96. The van der Waals surface area contributed by atoms with Gasteiger partial charge in [-0.15, -0.1) is 0 Å². The molecule has 0 bridgehead atoms. The van der Waals surface area contributed by atoms with Crippen LogP contribution < -0.4 is 0 Å². The maximum absolute atomic E-state index is 12.5. The first kappa shape index (κ1) is 15.0. The van der Waals surface area contributed by atoms with E-state index in [2.05, 4.69) is 10.1 Å². The van der Waals surface area contributed by atoms with Crippen LogP contribution in [0.25, 0.3) is 11.1 Å².